The number of anilines is 1. The third-order valence-electron chi connectivity index (χ3n) is 3.77. The van der Waals surface area contributed by atoms with Crippen LogP contribution in [0.25, 0.3) is 0 Å². The summed E-state index contributed by atoms with van der Waals surface area (Å²) in [5, 5.41) is 2.94. The Labute approximate surface area is 137 Å². The van der Waals surface area contributed by atoms with Gasteiger partial charge in [0.25, 0.3) is 0 Å². The molecule has 0 atom stereocenters. The summed E-state index contributed by atoms with van der Waals surface area (Å²) in [5.74, 6) is -0.0282. The van der Waals surface area contributed by atoms with Crippen molar-refractivity contribution in [2.45, 2.75) is 20.8 Å². The number of nitrogens with one attached hydrogen (secondary N) is 1. The smallest absolute Gasteiger partial charge is 0.409 e. The second-order valence-electron chi connectivity index (χ2n) is 5.89. The molecule has 0 radical (unpaired) electrons. The minimum absolute atomic E-state index is 0.0282. The van der Waals surface area contributed by atoms with Crippen molar-refractivity contribution in [3.8, 4) is 0 Å². The predicted molar refractivity (Wildman–Crippen MR) is 89.6 cm³/mol. The van der Waals surface area contributed by atoms with E-state index in [2.05, 4.69) is 11.4 Å². The zero-order chi connectivity index (χ0) is 16.8. The molecule has 1 aromatic rings. The number of aryl methyl sites for hydroxylation is 2. The van der Waals surface area contributed by atoms with Gasteiger partial charge >= 0.3 is 6.09 Å². The van der Waals surface area contributed by atoms with E-state index in [9.17, 15) is 9.59 Å². The third-order valence-corrected chi connectivity index (χ3v) is 3.77. The molecule has 0 unspecified atom stereocenters. The topological polar surface area (TPSA) is 61.9 Å². The van der Waals surface area contributed by atoms with E-state index in [0.717, 1.165) is 16.8 Å². The number of hydrogen-bond donors (Lipinski definition) is 1. The maximum absolute atomic E-state index is 12.2. The number of rotatable bonds is 4. The first-order valence-corrected chi connectivity index (χ1v) is 8.00. The van der Waals surface area contributed by atoms with Gasteiger partial charge in [-0.1, -0.05) is 6.07 Å². The van der Waals surface area contributed by atoms with E-state index in [4.69, 9.17) is 4.74 Å². The Bertz CT molecular complexity index is 546. The molecule has 1 aromatic carbocycles. The highest BCUT2D eigenvalue weighted by Gasteiger charge is 2.23. The van der Waals surface area contributed by atoms with Gasteiger partial charge in [-0.3, -0.25) is 9.69 Å². The van der Waals surface area contributed by atoms with E-state index in [1.54, 1.807) is 11.8 Å². The summed E-state index contributed by atoms with van der Waals surface area (Å²) in [4.78, 5) is 27.5. The minimum atomic E-state index is -0.271. The maximum Gasteiger partial charge on any atom is 0.409 e. The number of ether oxygens (including phenoxy) is 1. The van der Waals surface area contributed by atoms with Gasteiger partial charge in [0.1, 0.15) is 0 Å². The fraction of sp³-hybridized carbons (Fsp3) is 0.529. The molecule has 1 aliphatic heterocycles. The van der Waals surface area contributed by atoms with Crippen molar-refractivity contribution >= 4 is 17.7 Å². The predicted octanol–water partition coefficient (Wildman–Crippen LogP) is 2.02. The summed E-state index contributed by atoms with van der Waals surface area (Å²) >= 11 is 0. The molecule has 0 aliphatic carbocycles. The van der Waals surface area contributed by atoms with Crippen molar-refractivity contribution in [3.05, 3.63) is 29.3 Å². The number of hydrogen-bond acceptors (Lipinski definition) is 4. The van der Waals surface area contributed by atoms with E-state index >= 15 is 0 Å². The van der Waals surface area contributed by atoms with Crippen LogP contribution in [0.4, 0.5) is 10.5 Å². The lowest BCUT2D eigenvalue weighted by atomic mass is 10.1. The normalized spacial score (nSPS) is 15.3. The van der Waals surface area contributed by atoms with Crippen LogP contribution in [0.2, 0.25) is 0 Å². The Balaban J connectivity index is 1.79. The summed E-state index contributed by atoms with van der Waals surface area (Å²) in [6.07, 6.45) is -0.271. The van der Waals surface area contributed by atoms with E-state index in [-0.39, 0.29) is 12.0 Å². The first kappa shape index (κ1) is 17.3. The SMILES string of the molecule is CCOC(=O)N1CCN(CC(=O)Nc2cc(C)cc(C)c2)CC1. The van der Waals surface area contributed by atoms with Crippen LogP contribution < -0.4 is 5.32 Å². The van der Waals surface area contributed by atoms with Crippen molar-refractivity contribution in [2.24, 2.45) is 0 Å². The summed E-state index contributed by atoms with van der Waals surface area (Å²) in [6.45, 7) is 9.09. The summed E-state index contributed by atoms with van der Waals surface area (Å²) in [5.41, 5.74) is 3.09. The van der Waals surface area contributed by atoms with E-state index in [0.29, 0.717) is 39.3 Å². The lowest BCUT2D eigenvalue weighted by Gasteiger charge is -2.33. The number of amides is 2. The Morgan fingerprint density at radius 3 is 2.26 bits per heavy atom. The van der Waals surface area contributed by atoms with Crippen LogP contribution in [-0.4, -0.2) is 61.1 Å². The van der Waals surface area contributed by atoms with Gasteiger partial charge in [-0.15, -0.1) is 0 Å². The highest BCUT2D eigenvalue weighted by atomic mass is 16.6. The van der Waals surface area contributed by atoms with Gasteiger partial charge in [0.2, 0.25) is 5.91 Å². The molecule has 2 rings (SSSR count). The Hall–Kier alpha value is -2.08. The second-order valence-corrected chi connectivity index (χ2v) is 5.89. The van der Waals surface area contributed by atoms with Crippen LogP contribution in [0.15, 0.2) is 18.2 Å². The summed E-state index contributed by atoms with van der Waals surface area (Å²) in [6, 6.07) is 6.00. The molecule has 0 saturated carbocycles. The standard InChI is InChI=1S/C17H25N3O3/c1-4-23-17(22)20-7-5-19(6-8-20)12-16(21)18-15-10-13(2)9-14(3)11-15/h9-11H,4-8,12H2,1-3H3,(H,18,21). The molecule has 23 heavy (non-hydrogen) atoms. The van der Waals surface area contributed by atoms with E-state index < -0.39 is 0 Å². The molecule has 1 heterocycles. The zero-order valence-electron chi connectivity index (χ0n) is 14.1. The number of benzene rings is 1. The highest BCUT2D eigenvalue weighted by molar-refractivity contribution is 5.92. The third kappa shape index (κ3) is 5.25. The van der Waals surface area contributed by atoms with Gasteiger partial charge in [0, 0.05) is 31.9 Å². The molecule has 0 bridgehead atoms. The number of carbonyl (C=O) groups is 2. The van der Waals surface area contributed by atoms with E-state index in [1.165, 1.54) is 0 Å². The monoisotopic (exact) mass is 319 g/mol. The fourth-order valence-electron chi connectivity index (χ4n) is 2.75. The molecule has 6 nitrogen and oxygen atoms in total. The Morgan fingerprint density at radius 1 is 1.09 bits per heavy atom. The molecule has 0 spiro atoms. The van der Waals surface area contributed by atoms with Crippen LogP contribution in [0.5, 0.6) is 0 Å². The first-order chi connectivity index (χ1) is 11.0. The quantitative estimate of drug-likeness (QED) is 0.922. The van der Waals surface area contributed by atoms with Gasteiger partial charge in [0.15, 0.2) is 0 Å². The summed E-state index contributed by atoms with van der Waals surface area (Å²) < 4.78 is 4.99. The largest absolute Gasteiger partial charge is 0.450 e. The molecule has 1 N–H and O–H groups in total. The lowest BCUT2D eigenvalue weighted by molar-refractivity contribution is -0.117. The van der Waals surface area contributed by atoms with Gasteiger partial charge < -0.3 is 15.0 Å². The number of carbonyl (C=O) groups excluding carboxylic acids is 2. The number of piperazine rings is 1. The molecular formula is C17H25N3O3. The van der Waals surface area contributed by atoms with Gasteiger partial charge in [-0.2, -0.15) is 0 Å². The zero-order valence-corrected chi connectivity index (χ0v) is 14.1. The second kappa shape index (κ2) is 7.97. The van der Waals surface area contributed by atoms with Crippen LogP contribution in [0.3, 0.4) is 0 Å². The van der Waals surface area contributed by atoms with Crippen molar-refractivity contribution in [2.75, 3.05) is 44.6 Å². The van der Waals surface area contributed by atoms with Crippen molar-refractivity contribution in [1.29, 1.82) is 0 Å². The van der Waals surface area contributed by atoms with Gasteiger partial charge in [-0.25, -0.2) is 4.79 Å². The van der Waals surface area contributed by atoms with Crippen LogP contribution in [0.1, 0.15) is 18.1 Å². The minimum Gasteiger partial charge on any atom is -0.450 e. The van der Waals surface area contributed by atoms with Crippen LogP contribution in [-0.2, 0) is 9.53 Å². The Kier molecular flexibility index (Phi) is 5.98. The molecule has 6 heteroatoms. The molecule has 0 aromatic heterocycles. The van der Waals surface area contributed by atoms with Gasteiger partial charge in [-0.05, 0) is 44.0 Å². The van der Waals surface area contributed by atoms with Crippen molar-refractivity contribution in [3.63, 3.8) is 0 Å². The van der Waals surface area contributed by atoms with Gasteiger partial charge in [0.05, 0.1) is 13.2 Å². The van der Waals surface area contributed by atoms with Crippen LogP contribution in [0, 0.1) is 13.8 Å². The first-order valence-electron chi connectivity index (χ1n) is 8.00. The average molecular weight is 319 g/mol. The fourth-order valence-corrected chi connectivity index (χ4v) is 2.75. The van der Waals surface area contributed by atoms with Crippen LogP contribution >= 0.6 is 0 Å². The Morgan fingerprint density at radius 2 is 1.70 bits per heavy atom. The van der Waals surface area contributed by atoms with E-state index in [1.807, 2.05) is 30.9 Å². The molecule has 1 saturated heterocycles. The molecular weight excluding hydrogens is 294 g/mol. The number of nitrogens with zero attached hydrogens (tertiary/aromatic N) is 2. The highest BCUT2D eigenvalue weighted by Crippen LogP contribution is 2.14. The molecule has 1 fully saturated rings. The molecule has 126 valence electrons. The maximum atomic E-state index is 12.2. The lowest BCUT2D eigenvalue weighted by Crippen LogP contribution is -2.50. The molecule has 2 amide bonds. The summed E-state index contributed by atoms with van der Waals surface area (Å²) in [7, 11) is 0. The van der Waals surface area contributed by atoms with Crippen molar-refractivity contribution in [1.82, 2.24) is 9.80 Å². The average Bonchev–Trinajstić information content (AvgIpc) is 2.47. The molecule has 1 aliphatic rings. The van der Waals surface area contributed by atoms with Crippen molar-refractivity contribution < 1.29 is 14.3 Å².